The first kappa shape index (κ1) is 15.7. The number of rotatable bonds is 0. The lowest BCUT2D eigenvalue weighted by atomic mass is 10.8. The lowest BCUT2D eigenvalue weighted by Crippen LogP contribution is -1.44. The van der Waals surface area contributed by atoms with E-state index in [9.17, 15) is 0 Å². The predicted octanol–water partition coefficient (Wildman–Crippen LogP) is 0.961. The van der Waals surface area contributed by atoms with Gasteiger partial charge in [0.05, 0.1) is 0 Å². The SMILES string of the molecule is C.C.[B].c1ncon1. The highest BCUT2D eigenvalue weighted by Crippen LogP contribution is 1.62. The summed E-state index contributed by atoms with van der Waals surface area (Å²) in [6.07, 6.45) is 2.60. The first-order chi connectivity index (χ1) is 2.50. The van der Waals surface area contributed by atoms with E-state index in [-0.39, 0.29) is 23.3 Å². The standard InChI is InChI=1S/C2H2N2O.2CH4.B/c1-3-2-5-4-1;;;/h1-2H;2*1H4;. The molecule has 1 aromatic rings. The third kappa shape index (κ3) is 5.20. The zero-order chi connectivity index (χ0) is 3.54. The molecule has 0 aliphatic carbocycles. The Morgan fingerprint density at radius 2 is 1.88 bits per heavy atom. The molecule has 1 rings (SSSR count). The second-order valence-electron chi connectivity index (χ2n) is 0.581. The highest BCUT2D eigenvalue weighted by molar-refractivity contribution is 5.75. The van der Waals surface area contributed by atoms with Gasteiger partial charge in [-0.15, -0.1) is 0 Å². The Balaban J connectivity index is -0.0000000833. The van der Waals surface area contributed by atoms with Gasteiger partial charge in [0.1, 0.15) is 0 Å². The first-order valence-corrected chi connectivity index (χ1v) is 1.19. The topological polar surface area (TPSA) is 38.9 Å². The van der Waals surface area contributed by atoms with Crippen LogP contribution in [0.25, 0.3) is 0 Å². The Morgan fingerprint density at radius 3 is 2.00 bits per heavy atom. The Morgan fingerprint density at radius 1 is 1.25 bits per heavy atom. The summed E-state index contributed by atoms with van der Waals surface area (Å²) in [6, 6.07) is 0. The molecule has 1 aromatic heterocycles. The number of aromatic nitrogens is 2. The number of hydrogen-bond donors (Lipinski definition) is 0. The summed E-state index contributed by atoms with van der Waals surface area (Å²) in [5.41, 5.74) is 0. The van der Waals surface area contributed by atoms with E-state index in [2.05, 4.69) is 14.7 Å². The van der Waals surface area contributed by atoms with Crippen LogP contribution in [0.5, 0.6) is 0 Å². The highest BCUT2D eigenvalue weighted by atomic mass is 16.5. The minimum absolute atomic E-state index is 0. The monoisotopic (exact) mass is 113 g/mol. The maximum atomic E-state index is 4.22. The molecule has 45 valence electrons. The van der Waals surface area contributed by atoms with Crippen LogP contribution in [0, 0.1) is 0 Å². The van der Waals surface area contributed by atoms with E-state index in [0.717, 1.165) is 0 Å². The molecular formula is C4H10BN2O. The average Bonchev–Trinajstić information content (AvgIpc) is 1.76. The first-order valence-electron chi connectivity index (χ1n) is 1.19. The van der Waals surface area contributed by atoms with Crippen molar-refractivity contribution in [1.29, 1.82) is 0 Å². The van der Waals surface area contributed by atoms with Gasteiger partial charge < -0.3 is 4.52 Å². The second kappa shape index (κ2) is 9.51. The summed E-state index contributed by atoms with van der Waals surface area (Å²) in [4.78, 5) is 3.44. The van der Waals surface area contributed by atoms with Gasteiger partial charge in [-0.25, -0.2) is 4.98 Å². The minimum atomic E-state index is 0. The maximum absolute atomic E-state index is 4.22. The molecule has 0 bridgehead atoms. The fourth-order valence-electron chi connectivity index (χ4n) is 0.136. The molecule has 8 heavy (non-hydrogen) atoms. The second-order valence-corrected chi connectivity index (χ2v) is 0.581. The molecule has 0 N–H and O–H groups in total. The van der Waals surface area contributed by atoms with Crippen LogP contribution >= 0.6 is 0 Å². The zero-order valence-electron chi connectivity index (χ0n) is 3.03. The fraction of sp³-hybridized carbons (Fsp3) is 0.500. The highest BCUT2D eigenvalue weighted by Gasteiger charge is 1.60. The summed E-state index contributed by atoms with van der Waals surface area (Å²) in [5.74, 6) is 0. The lowest BCUT2D eigenvalue weighted by molar-refractivity contribution is 0.416. The third-order valence-corrected chi connectivity index (χ3v) is 0.283. The van der Waals surface area contributed by atoms with Crippen molar-refractivity contribution in [2.75, 3.05) is 0 Å². The summed E-state index contributed by atoms with van der Waals surface area (Å²) >= 11 is 0. The number of hydrogen-bond acceptors (Lipinski definition) is 3. The molecule has 0 atom stereocenters. The molecule has 0 fully saturated rings. The van der Waals surface area contributed by atoms with Gasteiger partial charge in [0, 0.05) is 8.41 Å². The number of nitrogens with zero attached hydrogens (tertiary/aromatic N) is 2. The molecule has 0 spiro atoms. The van der Waals surface area contributed by atoms with Gasteiger partial charge >= 0.3 is 0 Å². The van der Waals surface area contributed by atoms with Crippen LogP contribution in [-0.2, 0) is 0 Å². The van der Waals surface area contributed by atoms with E-state index in [4.69, 9.17) is 0 Å². The van der Waals surface area contributed by atoms with Crippen molar-refractivity contribution < 1.29 is 4.52 Å². The van der Waals surface area contributed by atoms with Gasteiger partial charge in [-0.05, 0) is 0 Å². The lowest BCUT2D eigenvalue weighted by Gasteiger charge is -1.45. The normalized spacial score (nSPS) is 5.00. The smallest absolute Gasteiger partial charge is 0.213 e. The summed E-state index contributed by atoms with van der Waals surface area (Å²) in [7, 11) is 0. The molecule has 0 saturated carbocycles. The van der Waals surface area contributed by atoms with Gasteiger partial charge in [-0.1, -0.05) is 20.0 Å². The molecular weight excluding hydrogens is 103 g/mol. The van der Waals surface area contributed by atoms with E-state index >= 15 is 0 Å². The van der Waals surface area contributed by atoms with Gasteiger partial charge in [0.15, 0.2) is 6.33 Å². The molecule has 3 radical (unpaired) electrons. The van der Waals surface area contributed by atoms with E-state index in [0.29, 0.717) is 0 Å². The van der Waals surface area contributed by atoms with Gasteiger partial charge in [0.25, 0.3) is 0 Å². The van der Waals surface area contributed by atoms with Crippen LogP contribution in [0.2, 0.25) is 0 Å². The average molecular weight is 113 g/mol. The zero-order valence-corrected chi connectivity index (χ0v) is 3.03. The summed E-state index contributed by atoms with van der Waals surface area (Å²) in [6.45, 7) is 0. The van der Waals surface area contributed by atoms with Crippen molar-refractivity contribution >= 4 is 8.41 Å². The van der Waals surface area contributed by atoms with Crippen LogP contribution < -0.4 is 0 Å². The van der Waals surface area contributed by atoms with Crippen molar-refractivity contribution in [3.05, 3.63) is 12.7 Å². The Hall–Kier alpha value is -0.795. The van der Waals surface area contributed by atoms with Crippen molar-refractivity contribution in [1.82, 2.24) is 10.1 Å². The van der Waals surface area contributed by atoms with Crippen LogP contribution in [0.15, 0.2) is 17.2 Å². The Bertz CT molecular complexity index is 70.5. The van der Waals surface area contributed by atoms with Crippen LogP contribution in [-0.4, -0.2) is 18.6 Å². The van der Waals surface area contributed by atoms with Crippen molar-refractivity contribution in [3.8, 4) is 0 Å². The quantitative estimate of drug-likeness (QED) is 0.470. The van der Waals surface area contributed by atoms with Gasteiger partial charge in [-0.3, -0.25) is 0 Å². The molecule has 4 heteroatoms. The Labute approximate surface area is 51.7 Å². The van der Waals surface area contributed by atoms with E-state index in [1.165, 1.54) is 12.7 Å². The summed E-state index contributed by atoms with van der Waals surface area (Å²) in [5, 5.41) is 3.24. The van der Waals surface area contributed by atoms with Crippen molar-refractivity contribution in [2.24, 2.45) is 0 Å². The summed E-state index contributed by atoms with van der Waals surface area (Å²) < 4.78 is 4.22. The maximum Gasteiger partial charge on any atom is 0.213 e. The molecule has 1 heterocycles. The minimum Gasteiger partial charge on any atom is -0.343 e. The molecule has 0 aliphatic heterocycles. The molecule has 0 unspecified atom stereocenters. The molecule has 0 amide bonds. The molecule has 3 nitrogen and oxygen atoms in total. The van der Waals surface area contributed by atoms with E-state index in [1.54, 1.807) is 0 Å². The largest absolute Gasteiger partial charge is 0.343 e. The predicted molar refractivity (Wildman–Crippen MR) is 33.5 cm³/mol. The van der Waals surface area contributed by atoms with Gasteiger partial charge in [-0.2, -0.15) is 0 Å². The molecule has 0 saturated heterocycles. The van der Waals surface area contributed by atoms with Crippen molar-refractivity contribution in [3.63, 3.8) is 0 Å². The van der Waals surface area contributed by atoms with Crippen molar-refractivity contribution in [2.45, 2.75) is 14.9 Å². The molecule has 0 aromatic carbocycles. The van der Waals surface area contributed by atoms with Crippen LogP contribution in [0.4, 0.5) is 0 Å². The van der Waals surface area contributed by atoms with E-state index < -0.39 is 0 Å². The van der Waals surface area contributed by atoms with Gasteiger partial charge in [0.2, 0.25) is 6.39 Å². The van der Waals surface area contributed by atoms with Crippen LogP contribution in [0.3, 0.4) is 0 Å². The Kier molecular flexibility index (Phi) is 18.6. The van der Waals surface area contributed by atoms with Crippen LogP contribution in [0.1, 0.15) is 14.9 Å². The fourth-order valence-corrected chi connectivity index (χ4v) is 0.136. The third-order valence-electron chi connectivity index (χ3n) is 0.283. The molecule has 0 aliphatic rings. The van der Waals surface area contributed by atoms with E-state index in [1.807, 2.05) is 0 Å².